The molecule has 0 bridgehead atoms. The SMILES string of the molecule is CCCOc1cc2oc(C(CC(O)=S)C(O)=S)nc2cc1Br. The fourth-order valence-electron chi connectivity index (χ4n) is 1.87. The van der Waals surface area contributed by atoms with Crippen molar-refractivity contribution in [3.8, 4) is 5.75 Å². The molecule has 22 heavy (non-hydrogen) atoms. The van der Waals surface area contributed by atoms with Crippen molar-refractivity contribution in [1.29, 1.82) is 0 Å². The van der Waals surface area contributed by atoms with Crippen LogP contribution in [-0.2, 0) is 0 Å². The van der Waals surface area contributed by atoms with Gasteiger partial charge in [0.15, 0.2) is 15.7 Å². The van der Waals surface area contributed by atoms with Gasteiger partial charge in [0.1, 0.15) is 17.2 Å². The van der Waals surface area contributed by atoms with Gasteiger partial charge in [-0.15, -0.1) is 0 Å². The van der Waals surface area contributed by atoms with Crippen LogP contribution < -0.4 is 4.74 Å². The zero-order valence-corrected chi connectivity index (χ0v) is 14.9. The van der Waals surface area contributed by atoms with Crippen LogP contribution >= 0.6 is 40.4 Å². The summed E-state index contributed by atoms with van der Waals surface area (Å²) in [5, 5.41) is 18.3. The van der Waals surface area contributed by atoms with Crippen LogP contribution in [0.25, 0.3) is 11.1 Å². The number of nitrogens with zero attached hydrogens (tertiary/aromatic N) is 1. The van der Waals surface area contributed by atoms with Crippen molar-refractivity contribution in [3.05, 3.63) is 22.5 Å². The van der Waals surface area contributed by atoms with E-state index < -0.39 is 5.92 Å². The summed E-state index contributed by atoms with van der Waals surface area (Å²) >= 11 is 12.9. The van der Waals surface area contributed by atoms with Gasteiger partial charge in [0.2, 0.25) is 5.89 Å². The van der Waals surface area contributed by atoms with Gasteiger partial charge >= 0.3 is 0 Å². The number of hydrogen-bond donors (Lipinski definition) is 2. The first kappa shape index (κ1) is 17.1. The highest BCUT2D eigenvalue weighted by molar-refractivity contribution is 9.10. The summed E-state index contributed by atoms with van der Waals surface area (Å²) < 4.78 is 12.0. The van der Waals surface area contributed by atoms with Gasteiger partial charge < -0.3 is 19.4 Å². The minimum absolute atomic E-state index is 0.0160. The van der Waals surface area contributed by atoms with Gasteiger partial charge in [-0.1, -0.05) is 6.92 Å². The lowest BCUT2D eigenvalue weighted by Gasteiger charge is -2.07. The number of benzene rings is 1. The van der Waals surface area contributed by atoms with Gasteiger partial charge in [0, 0.05) is 12.5 Å². The maximum Gasteiger partial charge on any atom is 0.207 e. The predicted octanol–water partition coefficient (Wildman–Crippen LogP) is 4.62. The molecule has 0 radical (unpaired) electrons. The van der Waals surface area contributed by atoms with Crippen molar-refractivity contribution in [3.63, 3.8) is 0 Å². The Hall–Kier alpha value is -1.25. The zero-order chi connectivity index (χ0) is 16.3. The Bertz CT molecular complexity index is 716. The van der Waals surface area contributed by atoms with Gasteiger partial charge in [0.25, 0.3) is 0 Å². The first-order valence-corrected chi connectivity index (χ1v) is 8.20. The largest absolute Gasteiger partial charge is 0.502 e. The fraction of sp³-hybridized carbons (Fsp3) is 0.357. The van der Waals surface area contributed by atoms with Gasteiger partial charge in [-0.25, -0.2) is 4.98 Å². The number of aliphatic hydroxyl groups excluding tert-OH is 2. The Kier molecular flexibility index (Phi) is 5.71. The molecule has 118 valence electrons. The van der Waals surface area contributed by atoms with E-state index in [0.29, 0.717) is 23.5 Å². The first-order valence-electron chi connectivity index (χ1n) is 6.59. The molecule has 0 fully saturated rings. The Labute approximate surface area is 146 Å². The highest BCUT2D eigenvalue weighted by atomic mass is 79.9. The highest BCUT2D eigenvalue weighted by Gasteiger charge is 2.24. The highest BCUT2D eigenvalue weighted by Crippen LogP contribution is 2.33. The number of aromatic nitrogens is 1. The molecule has 5 nitrogen and oxygen atoms in total. The van der Waals surface area contributed by atoms with E-state index in [9.17, 15) is 10.2 Å². The normalized spacial score (nSPS) is 12.3. The second kappa shape index (κ2) is 7.34. The summed E-state index contributed by atoms with van der Waals surface area (Å²) in [5.41, 5.74) is 1.10. The fourth-order valence-corrected chi connectivity index (χ4v) is 2.67. The lowest BCUT2D eigenvalue weighted by atomic mass is 10.1. The zero-order valence-electron chi connectivity index (χ0n) is 11.7. The van der Waals surface area contributed by atoms with Crippen molar-refractivity contribution in [2.24, 2.45) is 0 Å². The third-order valence-electron chi connectivity index (χ3n) is 2.90. The average molecular weight is 404 g/mol. The van der Waals surface area contributed by atoms with E-state index in [4.69, 9.17) is 21.4 Å². The van der Waals surface area contributed by atoms with Gasteiger partial charge in [-0.05, 0) is 52.9 Å². The second-order valence-electron chi connectivity index (χ2n) is 4.64. The van der Waals surface area contributed by atoms with Crippen LogP contribution in [0.2, 0.25) is 0 Å². The molecule has 1 atom stereocenters. The molecule has 2 N–H and O–H groups in total. The summed E-state index contributed by atoms with van der Waals surface area (Å²) in [7, 11) is 0. The summed E-state index contributed by atoms with van der Waals surface area (Å²) in [6.45, 7) is 2.61. The van der Waals surface area contributed by atoms with E-state index in [0.717, 1.165) is 10.9 Å². The number of thiocarbonyl (C=S) groups is 2. The molecule has 2 rings (SSSR count). The van der Waals surface area contributed by atoms with Crippen molar-refractivity contribution in [2.75, 3.05) is 6.61 Å². The molecule has 0 spiro atoms. The summed E-state index contributed by atoms with van der Waals surface area (Å²) in [5.74, 6) is 0.106. The minimum atomic E-state index is -0.751. The van der Waals surface area contributed by atoms with Crippen molar-refractivity contribution in [2.45, 2.75) is 25.7 Å². The molecule has 0 aliphatic heterocycles. The quantitative estimate of drug-likeness (QED) is 0.652. The molecule has 1 aromatic carbocycles. The number of halogens is 1. The minimum Gasteiger partial charge on any atom is -0.502 e. The summed E-state index contributed by atoms with van der Waals surface area (Å²) in [6, 6.07) is 3.49. The predicted molar refractivity (Wildman–Crippen MR) is 95.3 cm³/mol. The number of aliphatic hydroxyl groups is 2. The van der Waals surface area contributed by atoms with E-state index in [1.165, 1.54) is 0 Å². The topological polar surface area (TPSA) is 75.7 Å². The lowest BCUT2D eigenvalue weighted by molar-refractivity contribution is 0.315. The molecule has 0 aliphatic rings. The van der Waals surface area contributed by atoms with Crippen LogP contribution in [-0.4, -0.2) is 31.9 Å². The third-order valence-corrected chi connectivity index (χ3v) is 3.97. The maximum absolute atomic E-state index is 9.59. The molecule has 8 heteroatoms. The van der Waals surface area contributed by atoms with Crippen LogP contribution in [0.15, 0.2) is 21.0 Å². The molecule has 0 amide bonds. The standard InChI is InChI=1S/C14H14BrNO4S2/c1-2-3-19-10-6-11-9(5-8(10)15)16-13(20-11)7(14(18)22)4-12(17)21/h5-7H,2-4H2,1H3,(H,17,21)(H,18,22). The third kappa shape index (κ3) is 3.93. The molecule has 1 unspecified atom stereocenters. The monoisotopic (exact) mass is 403 g/mol. The van der Waals surface area contributed by atoms with Crippen LogP contribution in [0.4, 0.5) is 0 Å². The van der Waals surface area contributed by atoms with E-state index in [-0.39, 0.29) is 22.4 Å². The molecule has 1 heterocycles. The maximum atomic E-state index is 9.59. The average Bonchev–Trinajstić information content (AvgIpc) is 2.83. The molecule has 0 saturated carbocycles. The number of hydrogen-bond acceptors (Lipinski definition) is 5. The first-order chi connectivity index (χ1) is 10.4. The smallest absolute Gasteiger partial charge is 0.207 e. The summed E-state index contributed by atoms with van der Waals surface area (Å²) in [4.78, 5) is 4.30. The lowest BCUT2D eigenvalue weighted by Crippen LogP contribution is -2.13. The van der Waals surface area contributed by atoms with Crippen LogP contribution in [0.3, 0.4) is 0 Å². The Morgan fingerprint density at radius 1 is 1.41 bits per heavy atom. The van der Waals surface area contributed by atoms with Gasteiger partial charge in [0.05, 0.1) is 11.1 Å². The molecule has 0 saturated heterocycles. The summed E-state index contributed by atoms with van der Waals surface area (Å²) in [6.07, 6.45) is 0.874. The number of rotatable bonds is 7. The molecule has 1 aromatic heterocycles. The molecule has 2 aromatic rings. The Balaban J connectivity index is 2.40. The number of fused-ring (bicyclic) bond motifs is 1. The number of oxazole rings is 1. The second-order valence-corrected chi connectivity index (χ2v) is 6.38. The van der Waals surface area contributed by atoms with E-state index in [1.807, 2.05) is 6.92 Å². The van der Waals surface area contributed by atoms with Crippen molar-refractivity contribution >= 4 is 61.6 Å². The van der Waals surface area contributed by atoms with E-state index in [1.54, 1.807) is 12.1 Å². The van der Waals surface area contributed by atoms with Crippen LogP contribution in [0, 0.1) is 0 Å². The Morgan fingerprint density at radius 3 is 2.73 bits per heavy atom. The van der Waals surface area contributed by atoms with Gasteiger partial charge in [-0.3, -0.25) is 0 Å². The number of ether oxygens (including phenoxy) is 1. The van der Waals surface area contributed by atoms with Crippen molar-refractivity contribution < 1.29 is 19.4 Å². The van der Waals surface area contributed by atoms with Crippen LogP contribution in [0.5, 0.6) is 5.75 Å². The van der Waals surface area contributed by atoms with Crippen molar-refractivity contribution in [1.82, 2.24) is 4.98 Å². The van der Waals surface area contributed by atoms with Crippen LogP contribution in [0.1, 0.15) is 31.6 Å². The Morgan fingerprint density at radius 2 is 2.14 bits per heavy atom. The van der Waals surface area contributed by atoms with E-state index in [2.05, 4.69) is 33.1 Å². The van der Waals surface area contributed by atoms with Gasteiger partial charge in [-0.2, -0.15) is 0 Å². The molecule has 0 aliphatic carbocycles. The molecular weight excluding hydrogens is 390 g/mol. The molecular formula is C14H14BrNO4S2. The van der Waals surface area contributed by atoms with E-state index >= 15 is 0 Å².